The molecule has 2 fully saturated rings. The first kappa shape index (κ1) is 17.9. The van der Waals surface area contributed by atoms with Crippen LogP contribution < -0.4 is 0 Å². The molecule has 0 saturated heterocycles. The van der Waals surface area contributed by atoms with Crippen LogP contribution >= 0.6 is 11.3 Å². The summed E-state index contributed by atoms with van der Waals surface area (Å²) >= 11 is 1.78. The maximum Gasteiger partial charge on any atom is 0.243 e. The van der Waals surface area contributed by atoms with E-state index >= 15 is 0 Å². The van der Waals surface area contributed by atoms with Crippen LogP contribution in [0.3, 0.4) is 0 Å². The lowest BCUT2D eigenvalue weighted by Gasteiger charge is -2.37. The Kier molecular flexibility index (Phi) is 4.50. The van der Waals surface area contributed by atoms with Gasteiger partial charge in [-0.15, -0.1) is 11.3 Å². The number of carbonyl (C=O) groups is 2. The minimum Gasteiger partial charge on any atom is -0.330 e. The van der Waals surface area contributed by atoms with Gasteiger partial charge in [-0.25, -0.2) is 0 Å². The molecule has 0 N–H and O–H groups in total. The van der Waals surface area contributed by atoms with Crippen molar-refractivity contribution in [2.45, 2.75) is 51.1 Å². The first-order chi connectivity index (χ1) is 13.6. The molecular weight excluding hydrogens is 368 g/mol. The predicted molar refractivity (Wildman–Crippen MR) is 110 cm³/mol. The minimum absolute atomic E-state index is 0.0415. The number of thiophene rings is 1. The van der Waals surface area contributed by atoms with Gasteiger partial charge in [-0.05, 0) is 61.6 Å². The van der Waals surface area contributed by atoms with Crippen molar-refractivity contribution in [3.05, 3.63) is 57.3 Å². The third kappa shape index (κ3) is 3.37. The molecule has 5 rings (SSSR count). The summed E-state index contributed by atoms with van der Waals surface area (Å²) < 4.78 is 0. The van der Waals surface area contributed by atoms with Gasteiger partial charge >= 0.3 is 0 Å². The van der Waals surface area contributed by atoms with Crippen molar-refractivity contribution in [1.29, 1.82) is 0 Å². The normalized spacial score (nSPS) is 21.3. The summed E-state index contributed by atoms with van der Waals surface area (Å²) in [5.74, 6) is 0.463. The lowest BCUT2D eigenvalue weighted by Crippen LogP contribution is -2.47. The zero-order valence-corrected chi connectivity index (χ0v) is 17.1. The van der Waals surface area contributed by atoms with Crippen LogP contribution in [-0.2, 0) is 16.0 Å². The van der Waals surface area contributed by atoms with E-state index in [2.05, 4.69) is 42.6 Å². The van der Waals surface area contributed by atoms with E-state index in [1.54, 1.807) is 11.3 Å². The molecule has 2 saturated carbocycles. The van der Waals surface area contributed by atoms with Crippen LogP contribution in [0.25, 0.3) is 0 Å². The smallest absolute Gasteiger partial charge is 0.243 e. The molecule has 5 heteroatoms. The lowest BCUT2D eigenvalue weighted by atomic mass is 9.92. The molecule has 2 aromatic rings. The van der Waals surface area contributed by atoms with E-state index in [1.165, 1.54) is 16.0 Å². The van der Waals surface area contributed by atoms with Gasteiger partial charge in [-0.2, -0.15) is 0 Å². The van der Waals surface area contributed by atoms with Gasteiger partial charge in [0.1, 0.15) is 6.54 Å². The monoisotopic (exact) mass is 394 g/mol. The van der Waals surface area contributed by atoms with Crippen LogP contribution in [0.1, 0.15) is 53.3 Å². The van der Waals surface area contributed by atoms with E-state index < -0.39 is 0 Å². The van der Waals surface area contributed by atoms with Gasteiger partial charge in [0, 0.05) is 23.4 Å². The topological polar surface area (TPSA) is 40.6 Å². The van der Waals surface area contributed by atoms with Crippen molar-refractivity contribution in [3.63, 3.8) is 0 Å². The average molecular weight is 395 g/mol. The minimum atomic E-state index is -0.0415. The summed E-state index contributed by atoms with van der Waals surface area (Å²) in [6.07, 6.45) is 4.97. The number of hydrogen-bond donors (Lipinski definition) is 0. The van der Waals surface area contributed by atoms with Crippen LogP contribution in [0.2, 0.25) is 0 Å². The number of nitrogens with zero attached hydrogens (tertiary/aromatic N) is 2. The standard InChI is InChI=1S/C23H26N2O2S/c1-15-2-4-16(5-3-15)22-19-11-13-28-20(19)10-12-24(22)21(26)14-25(18-8-9-18)23(27)17-6-7-17/h2-5,11,13,17-18,22H,6-10,12,14H2,1H3. The summed E-state index contributed by atoms with van der Waals surface area (Å²) in [4.78, 5) is 31.4. The Morgan fingerprint density at radius 3 is 2.54 bits per heavy atom. The summed E-state index contributed by atoms with van der Waals surface area (Å²) in [5.41, 5.74) is 3.63. The fourth-order valence-electron chi connectivity index (χ4n) is 4.27. The first-order valence-electron chi connectivity index (χ1n) is 10.3. The van der Waals surface area contributed by atoms with Gasteiger partial charge in [-0.3, -0.25) is 9.59 Å². The molecule has 3 aliphatic rings. The highest BCUT2D eigenvalue weighted by molar-refractivity contribution is 7.10. The van der Waals surface area contributed by atoms with Crippen LogP contribution in [0.4, 0.5) is 0 Å². The summed E-state index contributed by atoms with van der Waals surface area (Å²) in [6, 6.07) is 10.9. The maximum absolute atomic E-state index is 13.4. The summed E-state index contributed by atoms with van der Waals surface area (Å²) in [6.45, 7) is 3.05. The van der Waals surface area contributed by atoms with Crippen LogP contribution in [0.15, 0.2) is 35.7 Å². The lowest BCUT2D eigenvalue weighted by molar-refractivity contribution is -0.143. The van der Waals surface area contributed by atoms with Gasteiger partial charge < -0.3 is 9.80 Å². The maximum atomic E-state index is 13.4. The number of fused-ring (bicyclic) bond motifs is 1. The van der Waals surface area contributed by atoms with Gasteiger partial charge in [0.25, 0.3) is 0 Å². The Hall–Kier alpha value is -2.14. The highest BCUT2D eigenvalue weighted by Gasteiger charge is 2.42. The average Bonchev–Trinajstić information content (AvgIpc) is 3.62. The van der Waals surface area contributed by atoms with Crippen LogP contribution in [0, 0.1) is 12.8 Å². The molecule has 1 unspecified atom stereocenters. The van der Waals surface area contributed by atoms with Crippen molar-refractivity contribution in [2.75, 3.05) is 13.1 Å². The molecule has 0 radical (unpaired) electrons. The molecule has 0 spiro atoms. The third-order valence-corrected chi connectivity index (χ3v) is 7.18. The van der Waals surface area contributed by atoms with Crippen molar-refractivity contribution < 1.29 is 9.59 Å². The molecular formula is C23H26N2O2S. The van der Waals surface area contributed by atoms with Crippen molar-refractivity contribution in [2.24, 2.45) is 5.92 Å². The van der Waals surface area contributed by atoms with E-state index in [0.29, 0.717) is 0 Å². The number of benzene rings is 1. The molecule has 2 amide bonds. The Morgan fingerprint density at radius 2 is 1.86 bits per heavy atom. The molecule has 1 aromatic heterocycles. The zero-order valence-electron chi connectivity index (χ0n) is 16.3. The molecule has 1 aromatic carbocycles. The zero-order chi connectivity index (χ0) is 19.3. The van der Waals surface area contributed by atoms with Crippen molar-refractivity contribution in [1.82, 2.24) is 9.80 Å². The summed E-state index contributed by atoms with van der Waals surface area (Å²) in [7, 11) is 0. The van der Waals surface area contributed by atoms with Crippen molar-refractivity contribution in [3.8, 4) is 0 Å². The van der Waals surface area contributed by atoms with E-state index in [-0.39, 0.29) is 36.4 Å². The van der Waals surface area contributed by atoms with Crippen LogP contribution in [0.5, 0.6) is 0 Å². The highest BCUT2D eigenvalue weighted by atomic mass is 32.1. The number of rotatable bonds is 5. The second-order valence-corrected chi connectivity index (χ2v) is 9.42. The number of amides is 2. The van der Waals surface area contributed by atoms with E-state index in [0.717, 1.165) is 44.2 Å². The quantitative estimate of drug-likeness (QED) is 0.771. The predicted octanol–water partition coefficient (Wildman–Crippen LogP) is 3.93. The molecule has 4 nitrogen and oxygen atoms in total. The molecule has 0 bridgehead atoms. The Labute approximate surface area is 170 Å². The second kappa shape index (κ2) is 7.03. The Balaban J connectivity index is 1.42. The van der Waals surface area contributed by atoms with E-state index in [9.17, 15) is 9.59 Å². The largest absolute Gasteiger partial charge is 0.330 e. The molecule has 146 valence electrons. The summed E-state index contributed by atoms with van der Waals surface area (Å²) in [5, 5.41) is 2.13. The number of aryl methyl sites for hydroxylation is 1. The van der Waals surface area contributed by atoms with E-state index in [4.69, 9.17) is 0 Å². The first-order valence-corrected chi connectivity index (χ1v) is 11.2. The highest BCUT2D eigenvalue weighted by Crippen LogP contribution is 2.39. The van der Waals surface area contributed by atoms with Crippen LogP contribution in [-0.4, -0.2) is 40.7 Å². The molecule has 2 heterocycles. The van der Waals surface area contributed by atoms with Gasteiger partial charge in [0.2, 0.25) is 11.8 Å². The second-order valence-electron chi connectivity index (χ2n) is 8.42. The van der Waals surface area contributed by atoms with Gasteiger partial charge in [0.05, 0.1) is 6.04 Å². The Morgan fingerprint density at radius 1 is 1.11 bits per heavy atom. The number of hydrogen-bond acceptors (Lipinski definition) is 3. The Bertz CT molecular complexity index is 896. The van der Waals surface area contributed by atoms with Gasteiger partial charge in [0.15, 0.2) is 0 Å². The number of carbonyl (C=O) groups excluding carboxylic acids is 2. The van der Waals surface area contributed by atoms with Crippen molar-refractivity contribution >= 4 is 23.2 Å². The fraction of sp³-hybridized carbons (Fsp3) is 0.478. The molecule has 2 aliphatic carbocycles. The van der Waals surface area contributed by atoms with E-state index in [1.807, 2.05) is 9.80 Å². The molecule has 1 aliphatic heterocycles. The fourth-order valence-corrected chi connectivity index (χ4v) is 5.17. The SMILES string of the molecule is Cc1ccc(C2c3ccsc3CCN2C(=O)CN(C(=O)C2CC2)C2CC2)cc1. The van der Waals surface area contributed by atoms with Gasteiger partial charge in [-0.1, -0.05) is 29.8 Å². The molecule has 1 atom stereocenters. The molecule has 28 heavy (non-hydrogen) atoms. The third-order valence-electron chi connectivity index (χ3n) is 6.18.